The van der Waals surface area contributed by atoms with Crippen molar-refractivity contribution in [2.45, 2.75) is 0 Å². The third-order valence-corrected chi connectivity index (χ3v) is 8.11. The average molecular weight is 513 g/mol. The number of imidazole rings is 1. The van der Waals surface area contributed by atoms with Gasteiger partial charge in [-0.05, 0) is 24.6 Å². The molecule has 0 radical (unpaired) electrons. The van der Waals surface area contributed by atoms with Gasteiger partial charge in [-0.1, -0.05) is 60.7 Å². The highest BCUT2D eigenvalue weighted by atomic mass is 32.2. The van der Waals surface area contributed by atoms with E-state index in [9.17, 15) is 19.5 Å². The molecule has 36 heavy (non-hydrogen) atoms. The molecule has 1 aromatic heterocycles. The lowest BCUT2D eigenvalue weighted by Crippen LogP contribution is -2.02. The van der Waals surface area contributed by atoms with Crippen LogP contribution in [0.25, 0.3) is 22.4 Å². The average Bonchev–Trinajstić information content (AvgIpc) is 3.52. The van der Waals surface area contributed by atoms with Gasteiger partial charge in [0.05, 0.1) is 20.8 Å². The minimum Gasteiger partial charge on any atom is -0.506 e. The second kappa shape index (κ2) is 9.64. The Morgan fingerprint density at radius 3 is 1.75 bits per heavy atom. The van der Waals surface area contributed by atoms with Crippen LogP contribution in [0.3, 0.4) is 0 Å². The molecule has 6 nitrogen and oxygen atoms in total. The molecule has 2 N–H and O–H groups in total. The number of aromatic nitrogens is 2. The molecule has 0 spiro atoms. The Kier molecular flexibility index (Phi) is 6.38. The first-order valence-electron chi connectivity index (χ1n) is 11.0. The Balaban J connectivity index is 0.000000152. The van der Waals surface area contributed by atoms with E-state index < -0.39 is 0 Å². The number of aromatic amines is 1. The first-order chi connectivity index (χ1) is 17.5. The zero-order valence-corrected chi connectivity index (χ0v) is 21.0. The summed E-state index contributed by atoms with van der Waals surface area (Å²) in [5.41, 5.74) is 4.32. The summed E-state index contributed by atoms with van der Waals surface area (Å²) < 4.78 is 0.797. The van der Waals surface area contributed by atoms with Crippen molar-refractivity contribution in [3.8, 4) is 0 Å². The number of carbonyl (C=O) groups is 3. The molecule has 0 amide bonds. The van der Waals surface area contributed by atoms with Crippen LogP contribution in [0.1, 0.15) is 42.5 Å². The van der Waals surface area contributed by atoms with E-state index in [0.29, 0.717) is 33.7 Å². The predicted molar refractivity (Wildman–Crippen MR) is 145 cm³/mol. The second-order valence-corrected chi connectivity index (χ2v) is 9.87. The molecule has 6 rings (SSSR count). The van der Waals surface area contributed by atoms with Crippen LogP contribution < -0.4 is 0 Å². The van der Waals surface area contributed by atoms with Crippen molar-refractivity contribution < 1.29 is 19.5 Å². The van der Waals surface area contributed by atoms with Gasteiger partial charge in [0.25, 0.3) is 0 Å². The number of hydrogen-bond donors (Lipinski definition) is 2. The quantitative estimate of drug-likeness (QED) is 0.249. The van der Waals surface area contributed by atoms with Gasteiger partial charge in [0.2, 0.25) is 5.78 Å². The molecule has 3 aromatic carbocycles. The summed E-state index contributed by atoms with van der Waals surface area (Å²) in [5, 5.41) is 10.3. The van der Waals surface area contributed by atoms with Gasteiger partial charge in [0.15, 0.2) is 11.6 Å². The summed E-state index contributed by atoms with van der Waals surface area (Å²) in [5.74, 6) is -0.0784. The van der Waals surface area contributed by atoms with Crippen LogP contribution in [0.2, 0.25) is 0 Å². The normalized spacial score (nSPS) is 14.2. The summed E-state index contributed by atoms with van der Waals surface area (Å²) in [6, 6.07) is 21.5. The van der Waals surface area contributed by atoms with Gasteiger partial charge in [0.1, 0.15) is 17.2 Å². The van der Waals surface area contributed by atoms with Crippen LogP contribution in [0.15, 0.2) is 82.6 Å². The topological polar surface area (TPSA) is 100 Å². The van der Waals surface area contributed by atoms with Crippen molar-refractivity contribution in [1.29, 1.82) is 0 Å². The molecule has 0 unspecified atom stereocenters. The highest BCUT2D eigenvalue weighted by Gasteiger charge is 2.35. The largest absolute Gasteiger partial charge is 0.506 e. The number of allylic oxidation sites excluding steroid dienone is 2. The van der Waals surface area contributed by atoms with Gasteiger partial charge < -0.3 is 10.1 Å². The zero-order valence-electron chi connectivity index (χ0n) is 19.4. The Labute approximate surface area is 215 Å². The number of nitrogens with zero attached hydrogens (tertiary/aromatic N) is 1. The van der Waals surface area contributed by atoms with Crippen molar-refractivity contribution in [1.82, 2.24) is 9.97 Å². The maximum atomic E-state index is 12.4. The number of para-hydroxylation sites is 2. The summed E-state index contributed by atoms with van der Waals surface area (Å²) >= 11 is 2.89. The third kappa shape index (κ3) is 3.88. The Hall–Kier alpha value is -3.88. The van der Waals surface area contributed by atoms with Crippen LogP contribution in [-0.4, -0.2) is 44.9 Å². The number of nitrogens with one attached hydrogen (secondary N) is 1. The monoisotopic (exact) mass is 512 g/mol. The van der Waals surface area contributed by atoms with Gasteiger partial charge in [0, 0.05) is 22.3 Å². The number of H-pyrrole nitrogens is 1. The predicted octanol–water partition coefficient (Wildman–Crippen LogP) is 6.19. The SMILES string of the molecule is CSC(SC)=C1C(=O)c2ccccc2C1=O.O=C1C(c2nc3ccccc3[nH]2)=C(O)c2ccccc21. The Bertz CT molecular complexity index is 1560. The van der Waals surface area contributed by atoms with Crippen LogP contribution in [-0.2, 0) is 0 Å². The van der Waals surface area contributed by atoms with E-state index in [-0.39, 0.29) is 28.7 Å². The summed E-state index contributed by atoms with van der Waals surface area (Å²) in [4.78, 5) is 44.0. The zero-order chi connectivity index (χ0) is 25.4. The number of rotatable bonds is 3. The second-order valence-electron chi connectivity index (χ2n) is 7.98. The Morgan fingerprint density at radius 1 is 0.722 bits per heavy atom. The summed E-state index contributed by atoms with van der Waals surface area (Å²) in [7, 11) is 0. The number of Topliss-reactive ketones (excluding diaryl/α,β-unsaturated/α-hetero) is 3. The van der Waals surface area contributed by atoms with Gasteiger partial charge in [-0.15, -0.1) is 23.5 Å². The molecule has 178 valence electrons. The van der Waals surface area contributed by atoms with E-state index in [4.69, 9.17) is 0 Å². The molecular weight excluding hydrogens is 492 g/mol. The van der Waals surface area contributed by atoms with Crippen molar-refractivity contribution in [2.24, 2.45) is 0 Å². The fourth-order valence-corrected chi connectivity index (χ4v) is 5.73. The lowest BCUT2D eigenvalue weighted by molar-refractivity contribution is 0.0987. The molecule has 0 bridgehead atoms. The number of benzene rings is 3. The number of fused-ring (bicyclic) bond motifs is 3. The molecule has 0 fully saturated rings. The molecule has 8 heteroatoms. The minimum atomic E-state index is -0.197. The number of carbonyl (C=O) groups excluding carboxylic acids is 3. The fraction of sp³-hybridized carbons (Fsp3) is 0.0714. The molecule has 2 aliphatic rings. The molecular formula is C28H20N2O4S2. The number of hydrogen-bond acceptors (Lipinski definition) is 7. The standard InChI is InChI=1S/C16H10N2O2.C12H10O2S2/c19-14-9-5-1-2-6-10(9)15(20)13(14)16-17-11-7-3-4-8-12(11)18-16;1-15-12(16-2)9-10(13)7-5-3-4-6-8(7)11(9)14/h1-8,19H,(H,17,18);3-6H,1-2H3. The van der Waals surface area contributed by atoms with Crippen molar-refractivity contribution in [3.05, 3.63) is 111 Å². The number of ketones is 3. The summed E-state index contributed by atoms with van der Waals surface area (Å²) in [6.07, 6.45) is 3.75. The smallest absolute Gasteiger partial charge is 0.201 e. The van der Waals surface area contributed by atoms with Gasteiger partial charge in [-0.3, -0.25) is 14.4 Å². The minimum absolute atomic E-state index is 0.00958. The molecule has 4 aromatic rings. The molecule has 1 heterocycles. The lowest BCUT2D eigenvalue weighted by atomic mass is 10.1. The van der Waals surface area contributed by atoms with E-state index in [1.165, 1.54) is 23.5 Å². The number of aliphatic hydroxyl groups is 1. The van der Waals surface area contributed by atoms with E-state index in [0.717, 1.165) is 15.3 Å². The van der Waals surface area contributed by atoms with Gasteiger partial charge >= 0.3 is 0 Å². The molecule has 2 aliphatic carbocycles. The fourth-order valence-electron chi connectivity index (χ4n) is 4.28. The van der Waals surface area contributed by atoms with E-state index >= 15 is 0 Å². The third-order valence-electron chi connectivity index (χ3n) is 5.96. The van der Waals surface area contributed by atoms with E-state index in [2.05, 4.69) is 9.97 Å². The molecule has 0 aliphatic heterocycles. The van der Waals surface area contributed by atoms with Crippen LogP contribution in [0, 0.1) is 0 Å². The van der Waals surface area contributed by atoms with Crippen LogP contribution >= 0.6 is 23.5 Å². The highest BCUT2D eigenvalue weighted by molar-refractivity contribution is 8.21. The van der Waals surface area contributed by atoms with E-state index in [1.807, 2.05) is 36.8 Å². The Morgan fingerprint density at radius 2 is 1.22 bits per heavy atom. The summed E-state index contributed by atoms with van der Waals surface area (Å²) in [6.45, 7) is 0. The highest BCUT2D eigenvalue weighted by Crippen LogP contribution is 2.37. The lowest BCUT2D eigenvalue weighted by Gasteiger charge is -2.01. The van der Waals surface area contributed by atoms with Crippen molar-refractivity contribution >= 4 is 63.2 Å². The number of thioether (sulfide) groups is 2. The molecule has 0 atom stereocenters. The van der Waals surface area contributed by atoms with Gasteiger partial charge in [-0.2, -0.15) is 0 Å². The van der Waals surface area contributed by atoms with Crippen LogP contribution in [0.4, 0.5) is 0 Å². The van der Waals surface area contributed by atoms with E-state index in [1.54, 1.807) is 48.5 Å². The first kappa shape index (κ1) is 23.8. The number of aliphatic hydroxyl groups excluding tert-OH is 1. The van der Waals surface area contributed by atoms with Crippen molar-refractivity contribution in [2.75, 3.05) is 12.5 Å². The maximum absolute atomic E-state index is 12.4. The van der Waals surface area contributed by atoms with Crippen LogP contribution in [0.5, 0.6) is 0 Å². The first-order valence-corrected chi connectivity index (χ1v) is 13.4. The van der Waals surface area contributed by atoms with Crippen molar-refractivity contribution in [3.63, 3.8) is 0 Å². The maximum Gasteiger partial charge on any atom is 0.201 e. The molecule has 0 saturated carbocycles. The molecule has 0 saturated heterocycles. The van der Waals surface area contributed by atoms with Gasteiger partial charge in [-0.25, -0.2) is 4.98 Å².